The molecule has 1 saturated carbocycles. The molecule has 1 fully saturated rings. The number of rotatable bonds is 8. The zero-order chi connectivity index (χ0) is 22.5. The van der Waals surface area contributed by atoms with Crippen molar-refractivity contribution in [3.05, 3.63) is 105 Å². The van der Waals surface area contributed by atoms with Gasteiger partial charge in [-0.3, -0.25) is 0 Å². The Morgan fingerprint density at radius 3 is 2.50 bits per heavy atom. The van der Waals surface area contributed by atoms with Crippen molar-refractivity contribution < 1.29 is 14.9 Å². The number of ether oxygens (including phenoxy) is 1. The van der Waals surface area contributed by atoms with Crippen molar-refractivity contribution in [1.82, 2.24) is 0 Å². The predicted molar refractivity (Wildman–Crippen MR) is 128 cm³/mol. The number of thiophene rings is 1. The quantitative estimate of drug-likeness (QED) is 0.461. The van der Waals surface area contributed by atoms with Gasteiger partial charge in [0.15, 0.2) is 0 Å². The van der Waals surface area contributed by atoms with Crippen LogP contribution in [0.5, 0.6) is 0 Å². The summed E-state index contributed by atoms with van der Waals surface area (Å²) in [7, 11) is 0. The van der Waals surface area contributed by atoms with E-state index in [1.54, 1.807) is 11.3 Å². The normalized spacial score (nSPS) is 23.7. The molecule has 3 unspecified atom stereocenters. The van der Waals surface area contributed by atoms with Gasteiger partial charge in [0.2, 0.25) is 6.04 Å². The maximum atomic E-state index is 10.8. The van der Waals surface area contributed by atoms with Crippen LogP contribution in [0.4, 0.5) is 0 Å². The molecule has 1 aliphatic rings. The molecule has 4 nitrogen and oxygen atoms in total. The third kappa shape index (κ3) is 5.28. The molecule has 3 aromatic rings. The highest BCUT2D eigenvalue weighted by molar-refractivity contribution is 7.11. The molecule has 0 bridgehead atoms. The van der Waals surface area contributed by atoms with E-state index in [9.17, 15) is 10.2 Å². The van der Waals surface area contributed by atoms with E-state index in [-0.39, 0.29) is 17.9 Å². The average molecular weight is 448 g/mol. The second kappa shape index (κ2) is 10.4. The molecule has 4 rings (SSSR count). The lowest BCUT2D eigenvalue weighted by Crippen LogP contribution is -2.24. The first kappa shape index (κ1) is 22.7. The molecule has 2 N–H and O–H groups in total. The fraction of sp³-hybridized carbons (Fsp3) is 0.370. The van der Waals surface area contributed by atoms with E-state index >= 15 is 0 Å². The van der Waals surface area contributed by atoms with Crippen LogP contribution in [0.2, 0.25) is 0 Å². The van der Waals surface area contributed by atoms with E-state index in [2.05, 4.69) is 23.9 Å². The fourth-order valence-corrected chi connectivity index (χ4v) is 5.58. The Kier molecular flexibility index (Phi) is 7.39. The van der Waals surface area contributed by atoms with Gasteiger partial charge in [-0.05, 0) is 35.7 Å². The number of aryl methyl sites for hydroxylation is 1. The number of hydrogen-bond acceptors (Lipinski definition) is 4. The van der Waals surface area contributed by atoms with E-state index in [1.807, 2.05) is 54.6 Å². The number of benzene rings is 2. The molecule has 0 spiro atoms. The first-order chi connectivity index (χ1) is 15.5. The second-order valence-corrected chi connectivity index (χ2v) is 9.96. The Morgan fingerprint density at radius 1 is 1.09 bits per heavy atom. The van der Waals surface area contributed by atoms with Crippen LogP contribution in [-0.4, -0.2) is 29.0 Å². The predicted octanol–water partition coefficient (Wildman–Crippen LogP) is 5.30. The lowest BCUT2D eigenvalue weighted by Gasteiger charge is -2.22. The number of aliphatic hydroxyl groups is 2. The van der Waals surface area contributed by atoms with E-state index in [1.165, 1.54) is 9.75 Å². The Morgan fingerprint density at radius 2 is 1.84 bits per heavy atom. The number of aliphatic hydroxyl groups excluding tert-OH is 2. The molecule has 5 atom stereocenters. The molecule has 0 radical (unpaired) electrons. The smallest absolute Gasteiger partial charge is 0.231 e. The Balaban J connectivity index is 1.44. The highest BCUT2D eigenvalue weighted by Gasteiger charge is 2.47. The summed E-state index contributed by atoms with van der Waals surface area (Å²) in [6, 6.07) is 21.7. The lowest BCUT2D eigenvalue weighted by molar-refractivity contribution is 0.0706. The molecule has 5 heteroatoms. The monoisotopic (exact) mass is 447 g/mol. The van der Waals surface area contributed by atoms with E-state index in [0.717, 1.165) is 16.7 Å². The van der Waals surface area contributed by atoms with Crippen LogP contribution >= 0.6 is 11.3 Å². The molecule has 1 aromatic heterocycles. The minimum Gasteiger partial charge on any atom is -0.392 e. The summed E-state index contributed by atoms with van der Waals surface area (Å²) in [5, 5.41) is 21.4. The molecule has 0 amide bonds. The third-order valence-electron chi connectivity index (χ3n) is 6.34. The molecule has 0 aliphatic heterocycles. The van der Waals surface area contributed by atoms with Crippen LogP contribution in [0.1, 0.15) is 44.9 Å². The minimum atomic E-state index is -0.565. The largest absolute Gasteiger partial charge is 0.392 e. The van der Waals surface area contributed by atoms with Crippen LogP contribution in [0, 0.1) is 19.4 Å². The molecule has 1 aliphatic carbocycles. The summed E-state index contributed by atoms with van der Waals surface area (Å²) in [4.78, 5) is 6.20. The first-order valence-electron chi connectivity index (χ1n) is 11.0. The highest BCUT2D eigenvalue weighted by atomic mass is 32.1. The van der Waals surface area contributed by atoms with Crippen molar-refractivity contribution in [2.45, 2.75) is 50.5 Å². The van der Waals surface area contributed by atoms with Gasteiger partial charge in [0, 0.05) is 28.5 Å². The van der Waals surface area contributed by atoms with Crippen molar-refractivity contribution in [3.63, 3.8) is 0 Å². The van der Waals surface area contributed by atoms with Crippen molar-refractivity contribution in [3.8, 4) is 0 Å². The highest BCUT2D eigenvalue weighted by Crippen LogP contribution is 2.42. The van der Waals surface area contributed by atoms with E-state index in [4.69, 9.17) is 11.3 Å². The van der Waals surface area contributed by atoms with Gasteiger partial charge in [0.1, 0.15) is 0 Å². The van der Waals surface area contributed by atoms with E-state index in [0.29, 0.717) is 26.1 Å². The van der Waals surface area contributed by atoms with Gasteiger partial charge in [0.25, 0.3) is 0 Å². The average Bonchev–Trinajstić information content (AvgIpc) is 3.36. The number of nitrogens with zero attached hydrogens (tertiary/aromatic N) is 1. The molecule has 0 saturated heterocycles. The second-order valence-electron chi connectivity index (χ2n) is 8.59. The number of hydrogen-bond donors (Lipinski definition) is 2. The summed E-state index contributed by atoms with van der Waals surface area (Å²) in [6.45, 7) is 10.6. The van der Waals surface area contributed by atoms with Crippen molar-refractivity contribution in [2.24, 2.45) is 5.92 Å². The maximum absolute atomic E-state index is 10.8. The van der Waals surface area contributed by atoms with Crippen LogP contribution in [0.15, 0.2) is 66.7 Å². The maximum Gasteiger partial charge on any atom is 0.231 e. The van der Waals surface area contributed by atoms with Gasteiger partial charge in [0.05, 0.1) is 31.3 Å². The molecule has 166 valence electrons. The lowest BCUT2D eigenvalue weighted by atomic mass is 9.86. The molecule has 32 heavy (non-hydrogen) atoms. The molecule has 1 heterocycles. The van der Waals surface area contributed by atoms with E-state index < -0.39 is 12.2 Å². The molecular formula is C27H29NO3S. The minimum absolute atomic E-state index is 0.0592. The summed E-state index contributed by atoms with van der Waals surface area (Å²) in [5.74, 6) is -0.202. The van der Waals surface area contributed by atoms with Gasteiger partial charge in [-0.1, -0.05) is 54.6 Å². The summed E-state index contributed by atoms with van der Waals surface area (Å²) in [5.41, 5.74) is 2.96. The Bertz CT molecular complexity index is 1040. The van der Waals surface area contributed by atoms with Gasteiger partial charge >= 0.3 is 0 Å². The third-order valence-corrected chi connectivity index (χ3v) is 7.36. The van der Waals surface area contributed by atoms with Gasteiger partial charge in [-0.2, -0.15) is 0 Å². The summed E-state index contributed by atoms with van der Waals surface area (Å²) >= 11 is 1.71. The summed E-state index contributed by atoms with van der Waals surface area (Å²) in [6.07, 6.45) is -0.0594. The first-order valence-corrected chi connectivity index (χ1v) is 11.9. The van der Waals surface area contributed by atoms with Crippen LogP contribution in [0.25, 0.3) is 4.85 Å². The SMILES string of the molecule is [C-]#[N+][C@@H]1C[C@@H](O)C(c2ccc(C(O)Cc3ccc(C)s3)cc2)C1COCc1ccccc1. The Labute approximate surface area is 193 Å². The topological polar surface area (TPSA) is 54.0 Å². The van der Waals surface area contributed by atoms with Gasteiger partial charge in [-0.15, -0.1) is 11.3 Å². The fourth-order valence-electron chi connectivity index (χ4n) is 4.66. The van der Waals surface area contributed by atoms with Crippen LogP contribution in [0.3, 0.4) is 0 Å². The molecular weight excluding hydrogens is 418 g/mol. The van der Waals surface area contributed by atoms with Crippen LogP contribution in [-0.2, 0) is 17.8 Å². The van der Waals surface area contributed by atoms with Gasteiger partial charge in [-0.25, -0.2) is 6.57 Å². The van der Waals surface area contributed by atoms with Crippen LogP contribution < -0.4 is 0 Å². The van der Waals surface area contributed by atoms with Gasteiger partial charge < -0.3 is 19.8 Å². The zero-order valence-electron chi connectivity index (χ0n) is 18.2. The van der Waals surface area contributed by atoms with Crippen molar-refractivity contribution >= 4 is 11.3 Å². The summed E-state index contributed by atoms with van der Waals surface area (Å²) < 4.78 is 5.97. The molecule has 2 aromatic carbocycles. The standard InChI is InChI=1S/C27H29NO3S/c1-18-8-13-22(32-18)14-25(29)20-9-11-21(12-10-20)27-23(24(28-2)15-26(27)30)17-31-16-19-6-4-3-5-7-19/h3-13,23-27,29-30H,14-17H2,1H3/t23?,24-,25?,26-,27?/m1/s1. The van der Waals surface area contributed by atoms with Crippen molar-refractivity contribution in [2.75, 3.05) is 6.61 Å². The zero-order valence-corrected chi connectivity index (χ0v) is 19.0. The Hall–Kier alpha value is -2.49. The van der Waals surface area contributed by atoms with Crippen molar-refractivity contribution in [1.29, 1.82) is 0 Å².